The van der Waals surface area contributed by atoms with E-state index in [1.807, 2.05) is 0 Å². The topological polar surface area (TPSA) is 38.3 Å². The maximum atomic E-state index is 11.8. The molecule has 0 aromatic carbocycles. The predicted molar refractivity (Wildman–Crippen MR) is 58.6 cm³/mol. The van der Waals surface area contributed by atoms with Crippen molar-refractivity contribution in [3.05, 3.63) is 0 Å². The molecule has 0 saturated carbocycles. The van der Waals surface area contributed by atoms with Gasteiger partial charge in [0.1, 0.15) is 0 Å². The molecule has 0 heterocycles. The first-order chi connectivity index (χ1) is 7.69. The Morgan fingerprint density at radius 2 is 1.82 bits per heavy atom. The highest BCUT2D eigenvalue weighted by Gasteiger charge is 2.28. The molecule has 6 heteroatoms. The molecule has 0 aromatic rings. The van der Waals surface area contributed by atoms with Gasteiger partial charge in [-0.3, -0.25) is 4.79 Å². The van der Waals surface area contributed by atoms with Crippen LogP contribution in [0.25, 0.3) is 0 Å². The maximum absolute atomic E-state index is 11.8. The lowest BCUT2D eigenvalue weighted by atomic mass is 9.94. The normalized spacial score (nSPS) is 12.6. The number of carbonyl (C=O) groups excluding carboxylic acids is 1. The minimum absolute atomic E-state index is 0.106. The third-order valence-corrected chi connectivity index (χ3v) is 2.37. The first-order valence-electron chi connectivity index (χ1n) is 5.55. The lowest BCUT2D eigenvalue weighted by Gasteiger charge is -2.21. The summed E-state index contributed by atoms with van der Waals surface area (Å²) >= 11 is 0. The number of hydrogen-bond donors (Lipinski definition) is 1. The van der Waals surface area contributed by atoms with Crippen LogP contribution in [0.4, 0.5) is 13.2 Å². The zero-order chi connectivity index (χ0) is 13.5. The summed E-state index contributed by atoms with van der Waals surface area (Å²) in [6.07, 6.45) is -4.29. The standard InChI is InChI=1S/C11H20F3NO2/c1-10(2,9(16)17-3)8-15-7-5-4-6-11(12,13)14/h15H,4-8H2,1-3H3. The Kier molecular flexibility index (Phi) is 6.52. The number of hydrogen-bond acceptors (Lipinski definition) is 3. The van der Waals surface area contributed by atoms with Gasteiger partial charge in [0, 0.05) is 13.0 Å². The van der Waals surface area contributed by atoms with Crippen LogP contribution >= 0.6 is 0 Å². The van der Waals surface area contributed by atoms with Gasteiger partial charge in [0.15, 0.2) is 0 Å². The van der Waals surface area contributed by atoms with E-state index in [4.69, 9.17) is 0 Å². The molecule has 0 fully saturated rings. The van der Waals surface area contributed by atoms with Crippen LogP contribution in [0.3, 0.4) is 0 Å². The smallest absolute Gasteiger partial charge is 0.389 e. The highest BCUT2D eigenvalue weighted by atomic mass is 19.4. The third-order valence-electron chi connectivity index (χ3n) is 2.37. The number of nitrogens with one attached hydrogen (secondary N) is 1. The van der Waals surface area contributed by atoms with Crippen molar-refractivity contribution in [2.45, 2.75) is 39.3 Å². The summed E-state index contributed by atoms with van der Waals surface area (Å²) in [7, 11) is 1.31. The molecule has 0 radical (unpaired) electrons. The summed E-state index contributed by atoms with van der Waals surface area (Å²) in [4.78, 5) is 11.3. The van der Waals surface area contributed by atoms with Crippen molar-refractivity contribution >= 4 is 5.97 Å². The van der Waals surface area contributed by atoms with Crippen molar-refractivity contribution in [1.82, 2.24) is 5.32 Å². The van der Waals surface area contributed by atoms with Crippen LogP contribution in [0.2, 0.25) is 0 Å². The number of methoxy groups -OCH3 is 1. The Bertz CT molecular complexity index is 239. The molecule has 3 nitrogen and oxygen atoms in total. The lowest BCUT2D eigenvalue weighted by molar-refractivity contribution is -0.150. The average molecular weight is 255 g/mol. The summed E-state index contributed by atoms with van der Waals surface area (Å²) in [6.45, 7) is 4.31. The predicted octanol–water partition coefficient (Wildman–Crippen LogP) is 2.51. The van der Waals surface area contributed by atoms with E-state index in [0.29, 0.717) is 19.5 Å². The van der Waals surface area contributed by atoms with Crippen LogP contribution in [-0.4, -0.2) is 32.3 Å². The Morgan fingerprint density at radius 1 is 1.24 bits per heavy atom. The van der Waals surface area contributed by atoms with Gasteiger partial charge >= 0.3 is 12.1 Å². The number of esters is 1. The fourth-order valence-electron chi connectivity index (χ4n) is 1.32. The number of unbranched alkanes of at least 4 members (excludes halogenated alkanes) is 1. The van der Waals surface area contributed by atoms with Crippen LogP contribution in [0.5, 0.6) is 0 Å². The van der Waals surface area contributed by atoms with Gasteiger partial charge in [0.25, 0.3) is 0 Å². The second-order valence-corrected chi connectivity index (χ2v) is 4.62. The molecular formula is C11H20F3NO2. The molecule has 0 aliphatic rings. The molecule has 17 heavy (non-hydrogen) atoms. The van der Waals surface area contributed by atoms with E-state index in [1.54, 1.807) is 13.8 Å². The van der Waals surface area contributed by atoms with Gasteiger partial charge in [-0.05, 0) is 33.2 Å². The molecule has 0 saturated heterocycles. The van der Waals surface area contributed by atoms with Gasteiger partial charge < -0.3 is 10.1 Å². The molecule has 0 aliphatic carbocycles. The van der Waals surface area contributed by atoms with Gasteiger partial charge in [-0.25, -0.2) is 0 Å². The molecule has 1 N–H and O–H groups in total. The molecule has 0 bridgehead atoms. The Balaban J connectivity index is 3.62. The van der Waals surface area contributed by atoms with E-state index in [1.165, 1.54) is 7.11 Å². The van der Waals surface area contributed by atoms with E-state index in [0.717, 1.165) is 0 Å². The summed E-state index contributed by atoms with van der Waals surface area (Å²) in [6, 6.07) is 0. The molecule has 0 aromatic heterocycles. The van der Waals surface area contributed by atoms with Crippen LogP contribution < -0.4 is 5.32 Å². The van der Waals surface area contributed by atoms with Crippen molar-refractivity contribution in [3.63, 3.8) is 0 Å². The zero-order valence-electron chi connectivity index (χ0n) is 10.5. The number of rotatable bonds is 7. The molecule has 0 spiro atoms. The first kappa shape index (κ1) is 16.2. The van der Waals surface area contributed by atoms with E-state index >= 15 is 0 Å². The SMILES string of the molecule is COC(=O)C(C)(C)CNCCCCC(F)(F)F. The fourth-order valence-corrected chi connectivity index (χ4v) is 1.32. The minimum Gasteiger partial charge on any atom is -0.469 e. The van der Waals surface area contributed by atoms with Crippen molar-refractivity contribution < 1.29 is 22.7 Å². The van der Waals surface area contributed by atoms with E-state index < -0.39 is 18.0 Å². The van der Waals surface area contributed by atoms with Gasteiger partial charge in [0.2, 0.25) is 0 Å². The molecule has 102 valence electrons. The molecular weight excluding hydrogens is 235 g/mol. The number of alkyl halides is 3. The van der Waals surface area contributed by atoms with Crippen LogP contribution in [0, 0.1) is 5.41 Å². The number of halogens is 3. The largest absolute Gasteiger partial charge is 0.469 e. The molecule has 0 atom stereocenters. The quantitative estimate of drug-likeness (QED) is 0.561. The zero-order valence-corrected chi connectivity index (χ0v) is 10.5. The fraction of sp³-hybridized carbons (Fsp3) is 0.909. The van der Waals surface area contributed by atoms with Crippen molar-refractivity contribution in [2.24, 2.45) is 5.41 Å². The maximum Gasteiger partial charge on any atom is 0.389 e. The molecule has 0 amide bonds. The summed E-state index contributed by atoms with van der Waals surface area (Å²) < 4.78 is 40.1. The Hall–Kier alpha value is -0.780. The number of ether oxygens (including phenoxy) is 1. The van der Waals surface area contributed by atoms with Crippen LogP contribution in [-0.2, 0) is 9.53 Å². The Morgan fingerprint density at radius 3 is 2.29 bits per heavy atom. The van der Waals surface area contributed by atoms with Crippen LogP contribution in [0.1, 0.15) is 33.1 Å². The lowest BCUT2D eigenvalue weighted by Crippen LogP contribution is -2.37. The number of carbonyl (C=O) groups is 1. The second-order valence-electron chi connectivity index (χ2n) is 4.62. The van der Waals surface area contributed by atoms with Gasteiger partial charge in [-0.2, -0.15) is 13.2 Å². The highest BCUT2D eigenvalue weighted by Crippen LogP contribution is 2.22. The van der Waals surface area contributed by atoms with Crippen molar-refractivity contribution in [1.29, 1.82) is 0 Å². The second kappa shape index (κ2) is 6.83. The van der Waals surface area contributed by atoms with Gasteiger partial charge in [-0.1, -0.05) is 0 Å². The van der Waals surface area contributed by atoms with E-state index in [-0.39, 0.29) is 12.4 Å². The molecule has 0 rings (SSSR count). The minimum atomic E-state index is -4.08. The average Bonchev–Trinajstić information content (AvgIpc) is 2.20. The van der Waals surface area contributed by atoms with E-state index in [2.05, 4.69) is 10.1 Å². The summed E-state index contributed by atoms with van der Waals surface area (Å²) in [5.74, 6) is -0.333. The summed E-state index contributed by atoms with van der Waals surface area (Å²) in [5.41, 5.74) is -0.654. The molecule has 0 unspecified atom stereocenters. The van der Waals surface area contributed by atoms with Crippen molar-refractivity contribution in [3.8, 4) is 0 Å². The van der Waals surface area contributed by atoms with Crippen LogP contribution in [0.15, 0.2) is 0 Å². The van der Waals surface area contributed by atoms with Gasteiger partial charge in [0.05, 0.1) is 12.5 Å². The van der Waals surface area contributed by atoms with E-state index in [9.17, 15) is 18.0 Å². The van der Waals surface area contributed by atoms with Crippen molar-refractivity contribution in [2.75, 3.05) is 20.2 Å². The molecule has 0 aliphatic heterocycles. The third kappa shape index (κ3) is 8.01. The van der Waals surface area contributed by atoms with Gasteiger partial charge in [-0.15, -0.1) is 0 Å². The summed E-state index contributed by atoms with van der Waals surface area (Å²) in [5, 5.41) is 2.96. The monoisotopic (exact) mass is 255 g/mol. The highest BCUT2D eigenvalue weighted by molar-refractivity contribution is 5.75. The Labute approximate surface area is 99.7 Å². The first-order valence-corrected chi connectivity index (χ1v) is 5.55.